The highest BCUT2D eigenvalue weighted by Gasteiger charge is 2.18. The molecule has 18 heavy (non-hydrogen) atoms. The van der Waals surface area contributed by atoms with E-state index in [2.05, 4.69) is 42.1 Å². The number of hydrogen-bond acceptors (Lipinski definition) is 2. The van der Waals surface area contributed by atoms with Crippen molar-refractivity contribution >= 4 is 11.0 Å². The van der Waals surface area contributed by atoms with Crippen LogP contribution in [0.5, 0.6) is 0 Å². The van der Waals surface area contributed by atoms with Gasteiger partial charge in [0, 0.05) is 13.5 Å². The van der Waals surface area contributed by atoms with Crippen LogP contribution in [-0.2, 0) is 19.9 Å². The van der Waals surface area contributed by atoms with Gasteiger partial charge in [-0.2, -0.15) is 0 Å². The average molecular weight is 243 g/mol. The third-order valence-electron chi connectivity index (χ3n) is 4.08. The highest BCUT2D eigenvalue weighted by Crippen LogP contribution is 2.21. The minimum Gasteiger partial charge on any atom is -0.331 e. The van der Waals surface area contributed by atoms with Crippen LogP contribution in [0.1, 0.15) is 24.7 Å². The molecule has 3 heteroatoms. The lowest BCUT2D eigenvalue weighted by atomic mass is 10.0. The van der Waals surface area contributed by atoms with Crippen LogP contribution in [0.3, 0.4) is 0 Å². The fraction of sp³-hybridized carbons (Fsp3) is 0.533. The van der Waals surface area contributed by atoms with Gasteiger partial charge in [0.1, 0.15) is 5.82 Å². The molecule has 3 rings (SSSR count). The number of benzene rings is 1. The summed E-state index contributed by atoms with van der Waals surface area (Å²) in [7, 11) is 2.15. The van der Waals surface area contributed by atoms with Crippen molar-refractivity contribution in [2.45, 2.75) is 26.2 Å². The van der Waals surface area contributed by atoms with Gasteiger partial charge in [-0.25, -0.2) is 4.98 Å². The second-order valence-electron chi connectivity index (χ2n) is 5.33. The second-order valence-corrected chi connectivity index (χ2v) is 5.33. The fourth-order valence-corrected chi connectivity index (χ4v) is 2.83. The van der Waals surface area contributed by atoms with Crippen molar-refractivity contribution in [3.05, 3.63) is 29.6 Å². The van der Waals surface area contributed by atoms with Crippen LogP contribution in [0.25, 0.3) is 11.0 Å². The van der Waals surface area contributed by atoms with Crippen molar-refractivity contribution < 1.29 is 0 Å². The second kappa shape index (κ2) is 4.73. The van der Waals surface area contributed by atoms with Gasteiger partial charge >= 0.3 is 0 Å². The summed E-state index contributed by atoms with van der Waals surface area (Å²) in [6.45, 7) is 4.50. The standard InChI is InChI=1S/C15H21N3/c1-3-11-4-5-13-14(8-11)18(2)15(17-13)9-12-6-7-16-10-12/h4-5,8,12,16H,3,6-7,9-10H2,1-2H3. The zero-order valence-electron chi connectivity index (χ0n) is 11.2. The number of hydrogen-bond donors (Lipinski definition) is 1. The molecular weight excluding hydrogens is 222 g/mol. The van der Waals surface area contributed by atoms with Crippen LogP contribution >= 0.6 is 0 Å². The lowest BCUT2D eigenvalue weighted by Gasteiger charge is -2.07. The molecule has 1 aliphatic heterocycles. The number of nitrogens with zero attached hydrogens (tertiary/aromatic N) is 2. The van der Waals surface area contributed by atoms with Gasteiger partial charge in [0.05, 0.1) is 11.0 Å². The van der Waals surface area contributed by atoms with Crippen molar-refractivity contribution in [3.8, 4) is 0 Å². The molecule has 2 heterocycles. The van der Waals surface area contributed by atoms with Crippen LogP contribution in [0.4, 0.5) is 0 Å². The van der Waals surface area contributed by atoms with Crippen molar-refractivity contribution in [1.29, 1.82) is 0 Å². The van der Waals surface area contributed by atoms with Gasteiger partial charge in [-0.3, -0.25) is 0 Å². The summed E-state index contributed by atoms with van der Waals surface area (Å²) in [4.78, 5) is 4.79. The van der Waals surface area contributed by atoms with Crippen molar-refractivity contribution in [2.75, 3.05) is 13.1 Å². The van der Waals surface area contributed by atoms with E-state index in [0.717, 1.165) is 37.4 Å². The molecule has 0 spiro atoms. The predicted octanol–water partition coefficient (Wildman–Crippen LogP) is 2.29. The Labute approximate surface area is 108 Å². The molecule has 1 unspecified atom stereocenters. The quantitative estimate of drug-likeness (QED) is 0.896. The molecule has 1 N–H and O–H groups in total. The Bertz CT molecular complexity index is 550. The molecule has 1 fully saturated rings. The van der Waals surface area contributed by atoms with Crippen LogP contribution in [0, 0.1) is 5.92 Å². The number of fused-ring (bicyclic) bond motifs is 1. The van der Waals surface area contributed by atoms with E-state index in [0.29, 0.717) is 0 Å². The van der Waals surface area contributed by atoms with E-state index in [-0.39, 0.29) is 0 Å². The normalized spacial score (nSPS) is 19.8. The summed E-state index contributed by atoms with van der Waals surface area (Å²) in [6, 6.07) is 6.62. The largest absolute Gasteiger partial charge is 0.331 e. The maximum atomic E-state index is 4.79. The van der Waals surface area contributed by atoms with Crippen molar-refractivity contribution in [3.63, 3.8) is 0 Å². The van der Waals surface area contributed by atoms with Crippen molar-refractivity contribution in [1.82, 2.24) is 14.9 Å². The van der Waals surface area contributed by atoms with Crippen LogP contribution in [-0.4, -0.2) is 22.6 Å². The monoisotopic (exact) mass is 243 g/mol. The van der Waals surface area contributed by atoms with E-state index in [1.54, 1.807) is 0 Å². The van der Waals surface area contributed by atoms with Gasteiger partial charge in [-0.1, -0.05) is 13.0 Å². The smallest absolute Gasteiger partial charge is 0.109 e. The summed E-state index contributed by atoms with van der Waals surface area (Å²) < 4.78 is 2.27. The zero-order chi connectivity index (χ0) is 12.5. The summed E-state index contributed by atoms with van der Waals surface area (Å²) in [5, 5.41) is 3.43. The topological polar surface area (TPSA) is 29.9 Å². The van der Waals surface area contributed by atoms with Crippen LogP contribution in [0.15, 0.2) is 18.2 Å². The van der Waals surface area contributed by atoms with E-state index in [1.165, 1.54) is 23.3 Å². The SMILES string of the molecule is CCc1ccc2nc(CC3CCNC3)n(C)c2c1. The van der Waals surface area contributed by atoms with Gasteiger partial charge in [0.25, 0.3) is 0 Å². The third kappa shape index (κ3) is 2.03. The molecule has 3 nitrogen and oxygen atoms in total. The molecule has 0 radical (unpaired) electrons. The predicted molar refractivity (Wildman–Crippen MR) is 74.8 cm³/mol. The molecular formula is C15H21N3. The number of imidazole rings is 1. The first-order chi connectivity index (χ1) is 8.78. The number of nitrogens with one attached hydrogen (secondary N) is 1. The highest BCUT2D eigenvalue weighted by molar-refractivity contribution is 5.76. The van der Waals surface area contributed by atoms with Gasteiger partial charge in [-0.15, -0.1) is 0 Å². The number of aromatic nitrogens is 2. The lowest BCUT2D eigenvalue weighted by Crippen LogP contribution is -2.12. The molecule has 1 saturated heterocycles. The molecule has 0 bridgehead atoms. The lowest BCUT2D eigenvalue weighted by molar-refractivity contribution is 0.552. The first kappa shape index (κ1) is 11.7. The highest BCUT2D eigenvalue weighted by atomic mass is 15.1. The molecule has 1 aromatic carbocycles. The molecule has 0 saturated carbocycles. The summed E-state index contributed by atoms with van der Waals surface area (Å²) in [5.41, 5.74) is 3.80. The Morgan fingerprint density at radius 1 is 1.44 bits per heavy atom. The molecule has 1 atom stereocenters. The first-order valence-corrected chi connectivity index (χ1v) is 6.93. The Kier molecular flexibility index (Phi) is 3.08. The van der Waals surface area contributed by atoms with Gasteiger partial charge < -0.3 is 9.88 Å². The Morgan fingerprint density at radius 3 is 3.06 bits per heavy atom. The maximum absolute atomic E-state index is 4.79. The minimum absolute atomic E-state index is 0.756. The summed E-state index contributed by atoms with van der Waals surface area (Å²) in [5.74, 6) is 1.98. The Balaban J connectivity index is 1.94. The van der Waals surface area contributed by atoms with Gasteiger partial charge in [0.15, 0.2) is 0 Å². The third-order valence-corrected chi connectivity index (χ3v) is 4.08. The van der Waals surface area contributed by atoms with E-state index in [1.807, 2.05) is 0 Å². The first-order valence-electron chi connectivity index (χ1n) is 6.93. The summed E-state index contributed by atoms with van der Waals surface area (Å²) >= 11 is 0. The molecule has 1 aromatic heterocycles. The molecule has 1 aliphatic rings. The van der Waals surface area contributed by atoms with E-state index >= 15 is 0 Å². The molecule has 2 aromatic rings. The molecule has 0 amide bonds. The summed E-state index contributed by atoms with van der Waals surface area (Å²) in [6.07, 6.45) is 3.46. The van der Waals surface area contributed by atoms with Gasteiger partial charge in [-0.05, 0) is 49.5 Å². The molecule has 0 aliphatic carbocycles. The van der Waals surface area contributed by atoms with Gasteiger partial charge in [0.2, 0.25) is 0 Å². The van der Waals surface area contributed by atoms with E-state index < -0.39 is 0 Å². The zero-order valence-corrected chi connectivity index (χ0v) is 11.2. The Hall–Kier alpha value is -1.35. The number of rotatable bonds is 3. The maximum Gasteiger partial charge on any atom is 0.109 e. The minimum atomic E-state index is 0.756. The van der Waals surface area contributed by atoms with Crippen LogP contribution < -0.4 is 5.32 Å². The Morgan fingerprint density at radius 2 is 2.33 bits per heavy atom. The molecule has 96 valence electrons. The average Bonchev–Trinajstić information content (AvgIpc) is 2.99. The number of aryl methyl sites for hydroxylation is 2. The van der Waals surface area contributed by atoms with Crippen LogP contribution in [0.2, 0.25) is 0 Å². The fourth-order valence-electron chi connectivity index (χ4n) is 2.83. The van der Waals surface area contributed by atoms with Crippen molar-refractivity contribution in [2.24, 2.45) is 13.0 Å². The van der Waals surface area contributed by atoms with E-state index in [4.69, 9.17) is 4.98 Å². The van der Waals surface area contributed by atoms with E-state index in [9.17, 15) is 0 Å².